The molecule has 1 unspecified atom stereocenters. The Kier molecular flexibility index (Phi) is 4.92. The lowest BCUT2D eigenvalue weighted by molar-refractivity contribution is 0.0694. The number of nitrogens with one attached hydrogen (secondary N) is 1. The maximum absolute atomic E-state index is 12.8. The molecule has 3 rings (SSSR count). The summed E-state index contributed by atoms with van der Waals surface area (Å²) in [6.45, 7) is 2.46. The monoisotopic (exact) mass is 377 g/mol. The van der Waals surface area contributed by atoms with Crippen molar-refractivity contribution < 1.29 is 18.3 Å². The number of carboxylic acids is 1. The van der Waals surface area contributed by atoms with Gasteiger partial charge in [0, 0.05) is 25.2 Å². The molecule has 1 saturated heterocycles. The third-order valence-electron chi connectivity index (χ3n) is 4.48. The summed E-state index contributed by atoms with van der Waals surface area (Å²) >= 11 is 0. The minimum absolute atomic E-state index is 0.186. The van der Waals surface area contributed by atoms with Gasteiger partial charge in [-0.15, -0.1) is 0 Å². The van der Waals surface area contributed by atoms with E-state index in [0.717, 1.165) is 11.8 Å². The molecule has 1 fully saturated rings. The zero-order valence-corrected chi connectivity index (χ0v) is 15.0. The van der Waals surface area contributed by atoms with Crippen molar-refractivity contribution in [2.75, 3.05) is 13.1 Å². The Balaban J connectivity index is 1.85. The van der Waals surface area contributed by atoms with Crippen molar-refractivity contribution in [3.63, 3.8) is 0 Å². The van der Waals surface area contributed by atoms with Crippen LogP contribution in [0, 0.1) is 6.92 Å². The number of H-pyrrole nitrogens is 1. The van der Waals surface area contributed by atoms with E-state index in [9.17, 15) is 18.0 Å². The van der Waals surface area contributed by atoms with Crippen LogP contribution >= 0.6 is 0 Å². The number of aromatic nitrogens is 2. The van der Waals surface area contributed by atoms with Gasteiger partial charge in [0.25, 0.3) is 5.56 Å². The molecule has 0 aliphatic carbocycles. The highest BCUT2D eigenvalue weighted by Crippen LogP contribution is 2.28. The Morgan fingerprint density at radius 3 is 2.62 bits per heavy atom. The van der Waals surface area contributed by atoms with Gasteiger partial charge in [-0.3, -0.25) is 4.79 Å². The lowest BCUT2D eigenvalue weighted by atomic mass is 9.99. The number of sulfonamides is 1. The van der Waals surface area contributed by atoms with Crippen molar-refractivity contribution in [3.05, 3.63) is 57.8 Å². The summed E-state index contributed by atoms with van der Waals surface area (Å²) in [6, 6.07) is 6.65. The Bertz CT molecular complexity index is 982. The zero-order valence-electron chi connectivity index (χ0n) is 14.2. The summed E-state index contributed by atoms with van der Waals surface area (Å²) in [7, 11) is -3.63. The number of aromatic carboxylic acids is 1. The Morgan fingerprint density at radius 2 is 2.00 bits per heavy atom. The van der Waals surface area contributed by atoms with E-state index in [4.69, 9.17) is 5.11 Å². The predicted molar refractivity (Wildman–Crippen MR) is 93.7 cm³/mol. The van der Waals surface area contributed by atoms with E-state index in [1.807, 2.05) is 6.92 Å². The fourth-order valence-electron chi connectivity index (χ4n) is 3.01. The van der Waals surface area contributed by atoms with E-state index in [1.165, 1.54) is 4.31 Å². The fourth-order valence-corrected chi connectivity index (χ4v) is 4.54. The number of carbonyl (C=O) groups is 1. The molecule has 0 radical (unpaired) electrons. The zero-order chi connectivity index (χ0) is 18.9. The van der Waals surface area contributed by atoms with Gasteiger partial charge in [0.05, 0.1) is 4.90 Å². The van der Waals surface area contributed by atoms with Crippen molar-refractivity contribution in [1.29, 1.82) is 0 Å². The summed E-state index contributed by atoms with van der Waals surface area (Å²) in [5, 5.41) is 8.91. The van der Waals surface area contributed by atoms with E-state index >= 15 is 0 Å². The van der Waals surface area contributed by atoms with Gasteiger partial charge < -0.3 is 10.1 Å². The van der Waals surface area contributed by atoms with Crippen LogP contribution in [0.3, 0.4) is 0 Å². The molecule has 2 N–H and O–H groups in total. The van der Waals surface area contributed by atoms with Gasteiger partial charge in [-0.25, -0.2) is 18.2 Å². The maximum atomic E-state index is 12.8. The van der Waals surface area contributed by atoms with Gasteiger partial charge in [0.2, 0.25) is 10.0 Å². The van der Waals surface area contributed by atoms with Crippen LogP contribution in [0.1, 0.15) is 40.5 Å². The first-order valence-corrected chi connectivity index (χ1v) is 9.62. The van der Waals surface area contributed by atoms with Crippen molar-refractivity contribution in [2.45, 2.75) is 30.6 Å². The van der Waals surface area contributed by atoms with Crippen molar-refractivity contribution in [1.82, 2.24) is 14.3 Å². The quantitative estimate of drug-likeness (QED) is 0.830. The molecule has 1 aliphatic rings. The molecule has 0 spiro atoms. The molecule has 8 nitrogen and oxygen atoms in total. The second kappa shape index (κ2) is 7.00. The summed E-state index contributed by atoms with van der Waals surface area (Å²) in [5.74, 6) is -1.33. The van der Waals surface area contributed by atoms with E-state index in [1.54, 1.807) is 24.3 Å². The average molecular weight is 377 g/mol. The van der Waals surface area contributed by atoms with Crippen LogP contribution < -0.4 is 5.56 Å². The smallest absolute Gasteiger partial charge is 0.342 e. The number of nitrogens with zero attached hydrogens (tertiary/aromatic N) is 2. The number of benzene rings is 1. The van der Waals surface area contributed by atoms with Gasteiger partial charge in [-0.1, -0.05) is 17.7 Å². The molecule has 9 heteroatoms. The number of hydrogen-bond acceptors (Lipinski definition) is 5. The number of piperidine rings is 1. The first kappa shape index (κ1) is 18.3. The summed E-state index contributed by atoms with van der Waals surface area (Å²) in [4.78, 5) is 29.5. The maximum Gasteiger partial charge on any atom is 0.342 e. The van der Waals surface area contributed by atoms with Crippen LogP contribution in [0.4, 0.5) is 0 Å². The first-order chi connectivity index (χ1) is 12.3. The van der Waals surface area contributed by atoms with Gasteiger partial charge in [-0.2, -0.15) is 4.31 Å². The number of hydrogen-bond donors (Lipinski definition) is 2. The highest BCUT2D eigenvalue weighted by molar-refractivity contribution is 7.89. The summed E-state index contributed by atoms with van der Waals surface area (Å²) < 4.78 is 27.1. The molecule has 0 amide bonds. The third kappa shape index (κ3) is 3.54. The normalized spacial score (nSPS) is 18.6. The molecule has 26 heavy (non-hydrogen) atoms. The Hall–Kier alpha value is -2.52. The second-order valence-corrected chi connectivity index (χ2v) is 8.27. The second-order valence-electron chi connectivity index (χ2n) is 6.33. The van der Waals surface area contributed by atoms with Gasteiger partial charge in [0.15, 0.2) is 0 Å². The summed E-state index contributed by atoms with van der Waals surface area (Å²) in [5.41, 5.74) is -0.199. The molecule has 2 heterocycles. The number of carboxylic acid groups (broad SMARTS) is 1. The summed E-state index contributed by atoms with van der Waals surface area (Å²) in [6.07, 6.45) is 2.30. The van der Waals surface area contributed by atoms with Crippen LogP contribution in [-0.4, -0.2) is 46.9 Å². The fraction of sp³-hybridized carbons (Fsp3) is 0.353. The number of rotatable bonds is 4. The van der Waals surface area contributed by atoms with E-state index in [2.05, 4.69) is 9.97 Å². The molecule has 138 valence electrons. The molecule has 1 aliphatic heterocycles. The van der Waals surface area contributed by atoms with E-state index in [-0.39, 0.29) is 17.4 Å². The van der Waals surface area contributed by atoms with E-state index < -0.39 is 27.1 Å². The van der Waals surface area contributed by atoms with Crippen LogP contribution in [0.15, 0.2) is 40.2 Å². The highest BCUT2D eigenvalue weighted by Gasteiger charge is 2.32. The SMILES string of the molecule is Cc1ccc(S(=O)(=O)N2CCCC(c3ncc(C(=O)O)c(=O)[nH]3)C2)cc1. The van der Waals surface area contributed by atoms with Gasteiger partial charge in [0.1, 0.15) is 11.4 Å². The molecule has 1 aromatic heterocycles. The Morgan fingerprint density at radius 1 is 1.31 bits per heavy atom. The largest absolute Gasteiger partial charge is 0.477 e. The molecule has 1 atom stereocenters. The molecule has 2 aromatic rings. The Labute approximate surface area is 150 Å². The standard InChI is InChI=1S/C17H19N3O5S/c1-11-4-6-13(7-5-11)26(24,25)20-8-2-3-12(10-20)15-18-9-14(17(22)23)16(21)19-15/h4-7,9,12H,2-3,8,10H2,1H3,(H,22,23)(H,18,19,21). The van der Waals surface area contributed by atoms with Crippen LogP contribution in [-0.2, 0) is 10.0 Å². The van der Waals surface area contributed by atoms with Gasteiger partial charge >= 0.3 is 5.97 Å². The first-order valence-electron chi connectivity index (χ1n) is 8.18. The van der Waals surface area contributed by atoms with Crippen LogP contribution in [0.2, 0.25) is 0 Å². The van der Waals surface area contributed by atoms with Crippen LogP contribution in [0.25, 0.3) is 0 Å². The molecule has 0 saturated carbocycles. The molecule has 1 aromatic carbocycles. The third-order valence-corrected chi connectivity index (χ3v) is 6.36. The van der Waals surface area contributed by atoms with Gasteiger partial charge in [-0.05, 0) is 31.9 Å². The minimum atomic E-state index is -3.63. The minimum Gasteiger partial charge on any atom is -0.477 e. The topological polar surface area (TPSA) is 120 Å². The predicted octanol–water partition coefficient (Wildman–Crippen LogP) is 1.34. The lowest BCUT2D eigenvalue weighted by Gasteiger charge is -2.31. The molecular weight excluding hydrogens is 358 g/mol. The van der Waals surface area contributed by atoms with Crippen molar-refractivity contribution in [3.8, 4) is 0 Å². The van der Waals surface area contributed by atoms with Crippen molar-refractivity contribution >= 4 is 16.0 Å². The number of aromatic amines is 1. The van der Waals surface area contributed by atoms with E-state index in [0.29, 0.717) is 25.2 Å². The molecular formula is C17H19N3O5S. The number of aryl methyl sites for hydroxylation is 1. The average Bonchev–Trinajstić information content (AvgIpc) is 2.62. The highest BCUT2D eigenvalue weighted by atomic mass is 32.2. The lowest BCUT2D eigenvalue weighted by Crippen LogP contribution is -2.40. The van der Waals surface area contributed by atoms with Crippen LogP contribution in [0.5, 0.6) is 0 Å². The van der Waals surface area contributed by atoms with Crippen molar-refractivity contribution in [2.24, 2.45) is 0 Å². The molecule has 0 bridgehead atoms.